The Hall–Kier alpha value is -2.09. The van der Waals surface area contributed by atoms with E-state index in [1.165, 1.54) is 18.3 Å². The number of carboxylic acids is 1. The molecule has 100 valence electrons. The second-order valence-corrected chi connectivity index (χ2v) is 4.85. The molecule has 1 fully saturated rings. The Labute approximate surface area is 112 Å². The van der Waals surface area contributed by atoms with E-state index in [0.717, 1.165) is 11.8 Å². The Morgan fingerprint density at radius 2 is 2.37 bits per heavy atom. The Balaban J connectivity index is 1.91. The summed E-state index contributed by atoms with van der Waals surface area (Å²) >= 11 is 1.06. The van der Waals surface area contributed by atoms with Gasteiger partial charge in [0, 0.05) is 11.9 Å². The summed E-state index contributed by atoms with van der Waals surface area (Å²) < 4.78 is 0. The third-order valence-electron chi connectivity index (χ3n) is 2.50. The number of thioether (sulfide) groups is 1. The number of pyridine rings is 1. The normalized spacial score (nSPS) is 17.9. The van der Waals surface area contributed by atoms with Crippen molar-refractivity contribution in [2.45, 2.75) is 12.6 Å². The zero-order valence-electron chi connectivity index (χ0n) is 9.75. The molecule has 1 aliphatic rings. The highest BCUT2D eigenvalue weighted by Crippen LogP contribution is 2.12. The van der Waals surface area contributed by atoms with Crippen molar-refractivity contribution in [3.8, 4) is 0 Å². The fourth-order valence-electron chi connectivity index (χ4n) is 1.53. The van der Waals surface area contributed by atoms with Crippen LogP contribution < -0.4 is 10.6 Å². The highest BCUT2D eigenvalue weighted by Gasteiger charge is 2.27. The number of carboxylic acid groups (broad SMARTS) is 1. The van der Waals surface area contributed by atoms with Crippen LogP contribution in [0, 0.1) is 0 Å². The van der Waals surface area contributed by atoms with E-state index >= 15 is 0 Å². The minimum absolute atomic E-state index is 0.115. The first-order valence-electron chi connectivity index (χ1n) is 5.45. The van der Waals surface area contributed by atoms with Crippen molar-refractivity contribution in [1.29, 1.82) is 0 Å². The standard InChI is InChI=1S/C11H11N3O4S/c15-9(8-5-19-11(18)14-8)13-4-7-3-6(10(16)17)1-2-12-7/h1-3,8H,4-5H2,(H,13,15)(H,14,18)(H,16,17). The summed E-state index contributed by atoms with van der Waals surface area (Å²) in [4.78, 5) is 37.4. The minimum Gasteiger partial charge on any atom is -0.478 e. The van der Waals surface area contributed by atoms with Crippen molar-refractivity contribution in [2.75, 3.05) is 5.75 Å². The van der Waals surface area contributed by atoms with E-state index in [-0.39, 0.29) is 23.3 Å². The van der Waals surface area contributed by atoms with Gasteiger partial charge in [0.05, 0.1) is 17.8 Å². The smallest absolute Gasteiger partial charge is 0.335 e. The Bertz CT molecular complexity index is 534. The SMILES string of the molecule is O=C1NC(C(=O)NCc2cc(C(=O)O)ccn2)CS1. The molecule has 7 nitrogen and oxygen atoms in total. The molecule has 1 aliphatic heterocycles. The first-order valence-corrected chi connectivity index (χ1v) is 6.44. The minimum atomic E-state index is -1.05. The molecule has 8 heteroatoms. The van der Waals surface area contributed by atoms with Gasteiger partial charge in [-0.3, -0.25) is 14.6 Å². The molecule has 0 spiro atoms. The van der Waals surface area contributed by atoms with Gasteiger partial charge in [-0.05, 0) is 12.1 Å². The van der Waals surface area contributed by atoms with Gasteiger partial charge < -0.3 is 15.7 Å². The van der Waals surface area contributed by atoms with Gasteiger partial charge in [0.1, 0.15) is 6.04 Å². The first-order chi connectivity index (χ1) is 9.06. The zero-order valence-corrected chi connectivity index (χ0v) is 10.6. The van der Waals surface area contributed by atoms with Crippen LogP contribution >= 0.6 is 11.8 Å². The third kappa shape index (κ3) is 3.44. The lowest BCUT2D eigenvalue weighted by atomic mass is 10.2. The van der Waals surface area contributed by atoms with Gasteiger partial charge in [-0.1, -0.05) is 11.8 Å². The molecule has 2 amide bonds. The van der Waals surface area contributed by atoms with E-state index < -0.39 is 12.0 Å². The molecule has 1 atom stereocenters. The second-order valence-electron chi connectivity index (χ2n) is 3.85. The number of amides is 2. The summed E-state index contributed by atoms with van der Waals surface area (Å²) in [6, 6.07) is 2.23. The number of aromatic carboxylic acids is 1. The van der Waals surface area contributed by atoms with Crippen LogP contribution in [-0.2, 0) is 11.3 Å². The molecule has 0 aromatic carbocycles. The molecule has 19 heavy (non-hydrogen) atoms. The molecule has 1 aromatic heterocycles. The number of carbonyl (C=O) groups excluding carboxylic acids is 2. The Morgan fingerprint density at radius 3 is 3.00 bits per heavy atom. The number of nitrogens with one attached hydrogen (secondary N) is 2. The van der Waals surface area contributed by atoms with Crippen LogP contribution in [0.15, 0.2) is 18.3 Å². The van der Waals surface area contributed by atoms with Gasteiger partial charge >= 0.3 is 5.97 Å². The first kappa shape index (κ1) is 13.3. The Morgan fingerprint density at radius 1 is 1.58 bits per heavy atom. The summed E-state index contributed by atoms with van der Waals surface area (Å²) in [5.74, 6) is -0.955. The summed E-state index contributed by atoms with van der Waals surface area (Å²) in [6.07, 6.45) is 1.37. The predicted molar refractivity (Wildman–Crippen MR) is 67.8 cm³/mol. The van der Waals surface area contributed by atoms with Gasteiger partial charge in [0.15, 0.2) is 0 Å². The van der Waals surface area contributed by atoms with E-state index in [4.69, 9.17) is 5.11 Å². The molecule has 1 saturated heterocycles. The maximum atomic E-state index is 11.7. The molecule has 3 N–H and O–H groups in total. The van der Waals surface area contributed by atoms with Crippen molar-refractivity contribution in [2.24, 2.45) is 0 Å². The van der Waals surface area contributed by atoms with Gasteiger partial charge in [-0.2, -0.15) is 0 Å². The van der Waals surface area contributed by atoms with Crippen molar-refractivity contribution in [3.05, 3.63) is 29.6 Å². The molecule has 0 aliphatic carbocycles. The van der Waals surface area contributed by atoms with Crippen molar-refractivity contribution in [3.63, 3.8) is 0 Å². The van der Waals surface area contributed by atoms with Crippen molar-refractivity contribution >= 4 is 28.9 Å². The molecular weight excluding hydrogens is 270 g/mol. The summed E-state index contributed by atoms with van der Waals surface area (Å²) in [5.41, 5.74) is 0.564. The quantitative estimate of drug-likeness (QED) is 0.728. The average molecular weight is 281 g/mol. The van der Waals surface area contributed by atoms with E-state index in [9.17, 15) is 14.4 Å². The molecule has 1 aromatic rings. The molecular formula is C11H11N3O4S. The van der Waals surface area contributed by atoms with Crippen LogP contribution in [0.1, 0.15) is 16.1 Å². The van der Waals surface area contributed by atoms with Gasteiger partial charge in [0.2, 0.25) is 5.91 Å². The monoisotopic (exact) mass is 281 g/mol. The number of hydrogen-bond acceptors (Lipinski definition) is 5. The van der Waals surface area contributed by atoms with Crippen LogP contribution in [0.4, 0.5) is 4.79 Å². The number of carbonyl (C=O) groups is 3. The van der Waals surface area contributed by atoms with Crippen molar-refractivity contribution in [1.82, 2.24) is 15.6 Å². The van der Waals surface area contributed by atoms with Gasteiger partial charge in [0.25, 0.3) is 5.24 Å². The van der Waals surface area contributed by atoms with E-state index in [1.807, 2.05) is 0 Å². The zero-order chi connectivity index (χ0) is 13.8. The fraction of sp³-hybridized carbons (Fsp3) is 0.273. The number of hydrogen-bond donors (Lipinski definition) is 3. The predicted octanol–water partition coefficient (Wildman–Crippen LogP) is 0.221. The largest absolute Gasteiger partial charge is 0.478 e. The van der Waals surface area contributed by atoms with Crippen LogP contribution in [0.2, 0.25) is 0 Å². The van der Waals surface area contributed by atoms with E-state index in [0.29, 0.717) is 11.4 Å². The topological polar surface area (TPSA) is 108 Å². The molecule has 0 bridgehead atoms. The summed E-state index contributed by atoms with van der Waals surface area (Å²) in [6.45, 7) is 0.122. The van der Waals surface area contributed by atoms with E-state index in [2.05, 4.69) is 15.6 Å². The van der Waals surface area contributed by atoms with Crippen LogP contribution in [-0.4, -0.2) is 39.0 Å². The molecule has 0 radical (unpaired) electrons. The second kappa shape index (κ2) is 5.70. The molecule has 0 saturated carbocycles. The lowest BCUT2D eigenvalue weighted by Crippen LogP contribution is -2.42. The lowest BCUT2D eigenvalue weighted by molar-refractivity contribution is -0.122. The van der Waals surface area contributed by atoms with Gasteiger partial charge in [-0.25, -0.2) is 4.79 Å². The van der Waals surface area contributed by atoms with Crippen LogP contribution in [0.5, 0.6) is 0 Å². The highest BCUT2D eigenvalue weighted by molar-refractivity contribution is 8.14. The third-order valence-corrected chi connectivity index (χ3v) is 3.38. The van der Waals surface area contributed by atoms with Crippen molar-refractivity contribution < 1.29 is 19.5 Å². The number of rotatable bonds is 4. The lowest BCUT2D eigenvalue weighted by Gasteiger charge is -2.09. The fourth-order valence-corrected chi connectivity index (χ4v) is 2.31. The van der Waals surface area contributed by atoms with Crippen LogP contribution in [0.25, 0.3) is 0 Å². The van der Waals surface area contributed by atoms with Gasteiger partial charge in [-0.15, -0.1) is 0 Å². The highest BCUT2D eigenvalue weighted by atomic mass is 32.2. The maximum absolute atomic E-state index is 11.7. The average Bonchev–Trinajstić information content (AvgIpc) is 2.83. The molecule has 2 heterocycles. The number of nitrogens with zero attached hydrogens (tertiary/aromatic N) is 1. The summed E-state index contributed by atoms with van der Waals surface area (Å²) in [5, 5.41) is 13.7. The molecule has 2 rings (SSSR count). The summed E-state index contributed by atoms with van der Waals surface area (Å²) in [7, 11) is 0. The molecule has 1 unspecified atom stereocenters. The number of aromatic nitrogens is 1. The van der Waals surface area contributed by atoms with E-state index in [1.54, 1.807) is 0 Å². The van der Waals surface area contributed by atoms with Crippen LogP contribution in [0.3, 0.4) is 0 Å². The Kier molecular flexibility index (Phi) is 4.00. The maximum Gasteiger partial charge on any atom is 0.335 e.